The maximum atomic E-state index is 11.1. The van der Waals surface area contributed by atoms with Crippen molar-refractivity contribution in [2.45, 2.75) is 39.5 Å². The highest BCUT2D eigenvalue weighted by molar-refractivity contribution is 5.88. The summed E-state index contributed by atoms with van der Waals surface area (Å²) in [6, 6.07) is 7.03. The number of benzene rings is 1. The standard InChI is InChI=1S/C28H35NO4/c1-4-26-25(28(2,3)15-20-33-26)10-6-17-29-16-5-8-22(9-7-19-32-21-18-29)23-11-13-24(14-12-23)27(30)31/h4,7,10-14H,2,5-6,8,15-21H2,1,3H3/p+1/b25-10+,26-4+. The van der Waals surface area contributed by atoms with E-state index in [1.54, 1.807) is 12.1 Å². The van der Waals surface area contributed by atoms with E-state index in [0.717, 1.165) is 68.8 Å². The molecule has 176 valence electrons. The lowest BCUT2D eigenvalue weighted by atomic mass is 9.78. The Morgan fingerprint density at radius 1 is 1.27 bits per heavy atom. The first-order valence-electron chi connectivity index (χ1n) is 11.8. The second kappa shape index (κ2) is 11.9. The second-order valence-corrected chi connectivity index (χ2v) is 8.95. The minimum absolute atomic E-state index is 0.103. The molecule has 1 aromatic rings. The molecule has 2 heterocycles. The predicted octanol–water partition coefficient (Wildman–Crippen LogP) is 5.52. The van der Waals surface area contributed by atoms with E-state index in [4.69, 9.17) is 14.6 Å². The van der Waals surface area contributed by atoms with Crippen LogP contribution in [0.25, 0.3) is 5.57 Å². The Labute approximate surface area is 198 Å². The van der Waals surface area contributed by atoms with E-state index in [9.17, 15) is 4.79 Å². The molecule has 0 amide bonds. The van der Waals surface area contributed by atoms with Crippen molar-refractivity contribution < 1.29 is 19.4 Å². The first-order valence-corrected chi connectivity index (χ1v) is 11.8. The van der Waals surface area contributed by atoms with Gasteiger partial charge in [-0.3, -0.25) is 0 Å². The number of nitrogens with zero attached hydrogens (tertiary/aromatic N) is 1. The molecule has 2 aliphatic rings. The topological polar surface area (TPSA) is 59.0 Å². The Bertz CT molecular complexity index is 933. The summed E-state index contributed by atoms with van der Waals surface area (Å²) in [6.07, 6.45) is 10.0. The van der Waals surface area contributed by atoms with Crippen LogP contribution in [0.2, 0.25) is 0 Å². The Morgan fingerprint density at radius 3 is 2.79 bits per heavy atom. The number of hydrogen-bond donors (Lipinski definition) is 1. The van der Waals surface area contributed by atoms with Gasteiger partial charge in [0.05, 0.1) is 32.3 Å². The van der Waals surface area contributed by atoms with Crippen LogP contribution in [0.4, 0.5) is 0 Å². The molecule has 0 spiro atoms. The van der Waals surface area contributed by atoms with Crippen molar-refractivity contribution in [2.75, 3.05) is 39.5 Å². The molecule has 5 heteroatoms. The number of carbonyl (C=O) groups is 1. The van der Waals surface area contributed by atoms with Gasteiger partial charge in [-0.05, 0) is 69.5 Å². The number of carboxylic acid groups (broad SMARTS) is 1. The smallest absolute Gasteiger partial charge is 0.335 e. The average molecular weight is 451 g/mol. The molecule has 1 atom stereocenters. The highest BCUT2D eigenvalue weighted by atomic mass is 16.5. The molecule has 1 saturated heterocycles. The quantitative estimate of drug-likeness (QED) is 0.473. The molecule has 33 heavy (non-hydrogen) atoms. The van der Waals surface area contributed by atoms with Gasteiger partial charge in [0.2, 0.25) is 0 Å². The van der Waals surface area contributed by atoms with Gasteiger partial charge < -0.3 is 19.5 Å². The van der Waals surface area contributed by atoms with Gasteiger partial charge in [0, 0.05) is 30.7 Å². The summed E-state index contributed by atoms with van der Waals surface area (Å²) in [4.78, 5) is 13.6. The van der Waals surface area contributed by atoms with E-state index < -0.39 is 5.97 Å². The molecule has 1 unspecified atom stereocenters. The van der Waals surface area contributed by atoms with Crippen molar-refractivity contribution in [1.82, 2.24) is 4.90 Å². The SMILES string of the molecule is [CH2+]C1(C)CCOC(=C/C)/C1=C\CCN1CCCC(c2ccc(C(=O)O)cc2)=C=CCOCC1. The number of ether oxygens (including phenoxy) is 2. The molecule has 1 N–H and O–H groups in total. The Hall–Kier alpha value is -2.72. The number of aromatic carboxylic acids is 1. The average Bonchev–Trinajstić information content (AvgIpc) is 2.85. The maximum Gasteiger partial charge on any atom is 0.335 e. The molecule has 5 nitrogen and oxygen atoms in total. The largest absolute Gasteiger partial charge is 0.493 e. The van der Waals surface area contributed by atoms with E-state index in [0.29, 0.717) is 18.8 Å². The van der Waals surface area contributed by atoms with Gasteiger partial charge in [-0.2, -0.15) is 0 Å². The van der Waals surface area contributed by atoms with Crippen LogP contribution in [0.15, 0.2) is 59.6 Å². The fraction of sp³-hybridized carbons (Fsp3) is 0.464. The van der Waals surface area contributed by atoms with Crippen LogP contribution in [0.1, 0.15) is 55.5 Å². The van der Waals surface area contributed by atoms with E-state index in [1.807, 2.05) is 31.2 Å². The first-order chi connectivity index (χ1) is 15.9. The van der Waals surface area contributed by atoms with Gasteiger partial charge >= 0.3 is 5.97 Å². The molecule has 1 fully saturated rings. The van der Waals surface area contributed by atoms with E-state index in [1.165, 1.54) is 5.57 Å². The van der Waals surface area contributed by atoms with Crippen LogP contribution in [0, 0.1) is 12.3 Å². The summed E-state index contributed by atoms with van der Waals surface area (Å²) in [5, 5.41) is 9.14. The highest BCUT2D eigenvalue weighted by Crippen LogP contribution is 2.39. The zero-order valence-corrected chi connectivity index (χ0v) is 19.9. The summed E-state index contributed by atoms with van der Waals surface area (Å²) in [5.41, 5.74) is 6.87. The normalized spacial score (nSPS) is 25.3. The zero-order valence-electron chi connectivity index (χ0n) is 19.9. The van der Waals surface area contributed by atoms with Crippen LogP contribution < -0.4 is 0 Å². The van der Waals surface area contributed by atoms with Crippen LogP contribution >= 0.6 is 0 Å². The molecule has 0 radical (unpaired) electrons. The van der Waals surface area contributed by atoms with Crippen LogP contribution in [0.3, 0.4) is 0 Å². The molecule has 1 aromatic carbocycles. The third-order valence-corrected chi connectivity index (χ3v) is 6.29. The summed E-state index contributed by atoms with van der Waals surface area (Å²) < 4.78 is 11.6. The van der Waals surface area contributed by atoms with Crippen molar-refractivity contribution in [3.8, 4) is 0 Å². The van der Waals surface area contributed by atoms with Crippen molar-refractivity contribution in [2.24, 2.45) is 5.41 Å². The summed E-state index contributed by atoms with van der Waals surface area (Å²) in [6.45, 7) is 13.4. The van der Waals surface area contributed by atoms with Crippen molar-refractivity contribution in [3.63, 3.8) is 0 Å². The summed E-state index contributed by atoms with van der Waals surface area (Å²) in [7, 11) is 0. The maximum absolute atomic E-state index is 11.1. The lowest BCUT2D eigenvalue weighted by Gasteiger charge is -2.30. The van der Waals surface area contributed by atoms with Crippen LogP contribution in [0.5, 0.6) is 0 Å². The van der Waals surface area contributed by atoms with Gasteiger partial charge in [-0.25, -0.2) is 4.79 Å². The number of hydrogen-bond acceptors (Lipinski definition) is 4. The molecule has 2 aliphatic heterocycles. The lowest BCUT2D eigenvalue weighted by Crippen LogP contribution is -2.30. The van der Waals surface area contributed by atoms with E-state index in [2.05, 4.69) is 30.6 Å². The van der Waals surface area contributed by atoms with Crippen molar-refractivity contribution in [1.29, 1.82) is 0 Å². The zero-order chi connectivity index (χ0) is 23.7. The van der Waals surface area contributed by atoms with Crippen LogP contribution in [-0.2, 0) is 9.47 Å². The fourth-order valence-corrected chi connectivity index (χ4v) is 4.30. The highest BCUT2D eigenvalue weighted by Gasteiger charge is 2.37. The monoisotopic (exact) mass is 450 g/mol. The molecular formula is C28H36NO4+. The number of rotatable bonds is 5. The van der Waals surface area contributed by atoms with Gasteiger partial charge in [-0.1, -0.05) is 18.2 Å². The van der Waals surface area contributed by atoms with Crippen molar-refractivity contribution in [3.05, 3.63) is 77.6 Å². The third kappa shape index (κ3) is 7.13. The lowest BCUT2D eigenvalue weighted by molar-refractivity contribution is 0.0697. The van der Waals surface area contributed by atoms with E-state index in [-0.39, 0.29) is 5.41 Å². The summed E-state index contributed by atoms with van der Waals surface area (Å²) in [5.74, 6) is 0.0577. The van der Waals surface area contributed by atoms with Gasteiger partial charge in [0.15, 0.2) is 0 Å². The minimum Gasteiger partial charge on any atom is -0.493 e. The van der Waals surface area contributed by atoms with Crippen molar-refractivity contribution >= 4 is 11.5 Å². The summed E-state index contributed by atoms with van der Waals surface area (Å²) >= 11 is 0. The van der Waals surface area contributed by atoms with Gasteiger partial charge in [0.1, 0.15) is 11.2 Å². The molecular weight excluding hydrogens is 414 g/mol. The Morgan fingerprint density at radius 2 is 2.06 bits per heavy atom. The Balaban J connectivity index is 1.62. The molecule has 0 aliphatic carbocycles. The minimum atomic E-state index is -0.909. The van der Waals surface area contributed by atoms with Gasteiger partial charge in [0.25, 0.3) is 0 Å². The van der Waals surface area contributed by atoms with Gasteiger partial charge in [-0.15, -0.1) is 5.73 Å². The molecule has 0 aromatic heterocycles. The molecule has 0 saturated carbocycles. The predicted molar refractivity (Wildman–Crippen MR) is 132 cm³/mol. The second-order valence-electron chi connectivity index (χ2n) is 8.95. The fourth-order valence-electron chi connectivity index (χ4n) is 4.30. The van der Waals surface area contributed by atoms with Crippen LogP contribution in [-0.4, -0.2) is 55.4 Å². The third-order valence-electron chi connectivity index (χ3n) is 6.29. The van der Waals surface area contributed by atoms with E-state index >= 15 is 0 Å². The first kappa shape index (κ1) is 24.9. The Kier molecular flexibility index (Phi) is 9.02. The molecule has 3 rings (SSSR count). The number of carboxylic acids is 1. The number of allylic oxidation sites excluding steroid dienone is 2. The molecule has 0 bridgehead atoms.